The first-order chi connectivity index (χ1) is 13.2. The summed E-state index contributed by atoms with van der Waals surface area (Å²) in [5.74, 6) is 1.89. The predicted octanol–water partition coefficient (Wildman–Crippen LogP) is 6.33. The minimum atomic E-state index is 0.944. The highest BCUT2D eigenvalue weighted by atomic mass is 16.5. The highest BCUT2D eigenvalue weighted by Gasteiger charge is 2.27. The normalized spacial score (nSPS) is 12.1. The van der Waals surface area contributed by atoms with Gasteiger partial charge in [0.15, 0.2) is 0 Å². The van der Waals surface area contributed by atoms with Gasteiger partial charge in [-0.15, -0.1) is 0 Å². The summed E-state index contributed by atoms with van der Waals surface area (Å²) < 4.78 is 11.0. The Labute approximate surface area is 162 Å². The fourth-order valence-electron chi connectivity index (χ4n) is 4.64. The third-order valence-corrected chi connectivity index (χ3v) is 5.79. The Morgan fingerprint density at radius 3 is 2.15 bits per heavy atom. The van der Waals surface area contributed by atoms with Crippen molar-refractivity contribution in [1.29, 1.82) is 0 Å². The van der Waals surface area contributed by atoms with Gasteiger partial charge in [-0.05, 0) is 87.7 Å². The molecule has 0 N–H and O–H groups in total. The van der Waals surface area contributed by atoms with Gasteiger partial charge in [0.2, 0.25) is 0 Å². The van der Waals surface area contributed by atoms with E-state index in [1.807, 2.05) is 0 Å². The van der Waals surface area contributed by atoms with Gasteiger partial charge in [0.05, 0.1) is 14.2 Å². The number of fused-ring (bicyclic) bond motifs is 4. The predicted molar refractivity (Wildman–Crippen MR) is 113 cm³/mol. The number of methoxy groups -OCH3 is 2. The van der Waals surface area contributed by atoms with E-state index in [1.165, 1.54) is 44.2 Å². The van der Waals surface area contributed by atoms with Gasteiger partial charge in [-0.1, -0.05) is 38.8 Å². The van der Waals surface area contributed by atoms with Crippen molar-refractivity contribution in [3.05, 3.63) is 58.7 Å². The van der Waals surface area contributed by atoms with Gasteiger partial charge in [-0.25, -0.2) is 0 Å². The molecule has 4 rings (SSSR count). The summed E-state index contributed by atoms with van der Waals surface area (Å²) in [4.78, 5) is 0. The molecule has 2 nitrogen and oxygen atoms in total. The lowest BCUT2D eigenvalue weighted by Crippen LogP contribution is -2.01. The van der Waals surface area contributed by atoms with Crippen LogP contribution in [-0.4, -0.2) is 14.2 Å². The van der Waals surface area contributed by atoms with Crippen molar-refractivity contribution in [2.45, 2.75) is 46.0 Å². The summed E-state index contributed by atoms with van der Waals surface area (Å²) in [6.45, 7) is 4.54. The van der Waals surface area contributed by atoms with E-state index in [9.17, 15) is 0 Å². The van der Waals surface area contributed by atoms with E-state index in [4.69, 9.17) is 9.47 Å². The van der Waals surface area contributed by atoms with Crippen molar-refractivity contribution >= 4 is 10.8 Å². The lowest BCUT2D eigenvalue weighted by molar-refractivity contribution is 0.414. The molecule has 0 aromatic heterocycles. The van der Waals surface area contributed by atoms with Crippen LogP contribution in [0.2, 0.25) is 0 Å². The molecule has 0 saturated heterocycles. The van der Waals surface area contributed by atoms with Crippen molar-refractivity contribution < 1.29 is 9.47 Å². The highest BCUT2D eigenvalue weighted by molar-refractivity contribution is 5.99. The molecule has 3 aromatic rings. The Morgan fingerprint density at radius 2 is 1.44 bits per heavy atom. The van der Waals surface area contributed by atoms with E-state index < -0.39 is 0 Å². The van der Waals surface area contributed by atoms with Crippen molar-refractivity contribution in [2.75, 3.05) is 14.2 Å². The molecular formula is C25H28O2. The molecule has 0 saturated carbocycles. The van der Waals surface area contributed by atoms with Crippen LogP contribution < -0.4 is 9.47 Å². The van der Waals surface area contributed by atoms with Crippen LogP contribution in [0.4, 0.5) is 0 Å². The molecule has 2 heteroatoms. The van der Waals surface area contributed by atoms with Crippen molar-refractivity contribution in [3.8, 4) is 22.6 Å². The summed E-state index contributed by atoms with van der Waals surface area (Å²) >= 11 is 0. The molecule has 0 atom stereocenters. The fraction of sp³-hybridized carbons (Fsp3) is 0.360. The number of aryl methyl sites for hydroxylation is 2. The van der Waals surface area contributed by atoms with Crippen molar-refractivity contribution in [2.24, 2.45) is 0 Å². The maximum Gasteiger partial charge on any atom is 0.119 e. The Kier molecular flexibility index (Phi) is 4.82. The quantitative estimate of drug-likeness (QED) is 0.400. The Bertz CT molecular complexity index is 1000. The second-order valence-electron chi connectivity index (χ2n) is 7.42. The first-order valence-electron chi connectivity index (χ1n) is 10.0. The molecule has 0 fully saturated rings. The maximum atomic E-state index is 5.55. The molecule has 140 valence electrons. The lowest BCUT2D eigenvalue weighted by atomic mass is 9.85. The van der Waals surface area contributed by atoms with Gasteiger partial charge in [0.25, 0.3) is 0 Å². The van der Waals surface area contributed by atoms with Crippen LogP contribution in [0.25, 0.3) is 21.9 Å². The van der Waals surface area contributed by atoms with Crippen LogP contribution in [0.5, 0.6) is 11.5 Å². The highest BCUT2D eigenvalue weighted by Crippen LogP contribution is 2.47. The molecule has 0 amide bonds. The standard InChI is InChI=1S/C25H28O2/c1-5-7-20-23-15-18(27-4)10-12-21(23)22(8-6-2)25-19-11-9-17(26-3)13-16(19)14-24(20)25/h9-13,15H,5-8,14H2,1-4H3. The monoisotopic (exact) mass is 360 g/mol. The average molecular weight is 360 g/mol. The molecule has 1 aliphatic carbocycles. The summed E-state index contributed by atoms with van der Waals surface area (Å²) in [7, 11) is 3.50. The molecule has 3 aromatic carbocycles. The molecule has 0 radical (unpaired) electrons. The zero-order chi connectivity index (χ0) is 19.0. The van der Waals surface area contributed by atoms with Crippen LogP contribution in [-0.2, 0) is 19.3 Å². The number of rotatable bonds is 6. The first-order valence-corrected chi connectivity index (χ1v) is 10.0. The Balaban J connectivity index is 2.06. The SMILES string of the molecule is CCCc1c2c(c(CCC)c3ccc(OC)cc13)-c1ccc(OC)cc1C2. The van der Waals surface area contributed by atoms with E-state index in [0.29, 0.717) is 0 Å². The van der Waals surface area contributed by atoms with Crippen LogP contribution in [0.3, 0.4) is 0 Å². The molecule has 1 aliphatic rings. The zero-order valence-electron chi connectivity index (χ0n) is 16.8. The molecule has 27 heavy (non-hydrogen) atoms. The Hall–Kier alpha value is -2.48. The number of ether oxygens (including phenoxy) is 2. The number of benzene rings is 3. The molecule has 0 spiro atoms. The minimum Gasteiger partial charge on any atom is -0.497 e. The van der Waals surface area contributed by atoms with Gasteiger partial charge in [-0.2, -0.15) is 0 Å². The van der Waals surface area contributed by atoms with E-state index in [2.05, 4.69) is 50.2 Å². The van der Waals surface area contributed by atoms with Crippen LogP contribution >= 0.6 is 0 Å². The van der Waals surface area contributed by atoms with Crippen molar-refractivity contribution in [1.82, 2.24) is 0 Å². The lowest BCUT2D eigenvalue weighted by Gasteiger charge is -2.19. The van der Waals surface area contributed by atoms with Gasteiger partial charge in [0, 0.05) is 0 Å². The second kappa shape index (κ2) is 7.26. The van der Waals surface area contributed by atoms with E-state index in [0.717, 1.165) is 43.6 Å². The molecule has 0 bridgehead atoms. The molecule has 0 aliphatic heterocycles. The molecular weight excluding hydrogens is 332 g/mol. The smallest absolute Gasteiger partial charge is 0.119 e. The van der Waals surface area contributed by atoms with E-state index >= 15 is 0 Å². The van der Waals surface area contributed by atoms with E-state index in [-0.39, 0.29) is 0 Å². The first kappa shape index (κ1) is 17.9. The third kappa shape index (κ3) is 2.88. The van der Waals surface area contributed by atoms with Gasteiger partial charge in [0.1, 0.15) is 11.5 Å². The summed E-state index contributed by atoms with van der Waals surface area (Å²) in [6, 6.07) is 13.2. The van der Waals surface area contributed by atoms with Gasteiger partial charge in [-0.3, -0.25) is 0 Å². The average Bonchev–Trinajstić information content (AvgIpc) is 3.08. The maximum absolute atomic E-state index is 5.55. The second-order valence-corrected chi connectivity index (χ2v) is 7.42. The van der Waals surface area contributed by atoms with Crippen LogP contribution in [0.1, 0.15) is 48.9 Å². The zero-order valence-corrected chi connectivity index (χ0v) is 16.8. The van der Waals surface area contributed by atoms with Gasteiger partial charge < -0.3 is 9.47 Å². The molecule has 0 heterocycles. The number of hydrogen-bond donors (Lipinski definition) is 0. The summed E-state index contributed by atoms with van der Waals surface area (Å²) in [5.41, 5.74) is 8.77. The summed E-state index contributed by atoms with van der Waals surface area (Å²) in [6.07, 6.45) is 5.49. The largest absolute Gasteiger partial charge is 0.497 e. The van der Waals surface area contributed by atoms with Crippen LogP contribution in [0.15, 0.2) is 36.4 Å². The van der Waals surface area contributed by atoms with E-state index in [1.54, 1.807) is 14.2 Å². The van der Waals surface area contributed by atoms with Gasteiger partial charge >= 0.3 is 0 Å². The molecule has 0 unspecified atom stereocenters. The van der Waals surface area contributed by atoms with Crippen molar-refractivity contribution in [3.63, 3.8) is 0 Å². The third-order valence-electron chi connectivity index (χ3n) is 5.79. The topological polar surface area (TPSA) is 18.5 Å². The number of hydrogen-bond acceptors (Lipinski definition) is 2. The minimum absolute atomic E-state index is 0.944. The van der Waals surface area contributed by atoms with Crippen LogP contribution in [0, 0.1) is 0 Å². The summed E-state index contributed by atoms with van der Waals surface area (Å²) in [5, 5.41) is 2.77. The Morgan fingerprint density at radius 1 is 0.778 bits per heavy atom. The fourth-order valence-corrected chi connectivity index (χ4v) is 4.64.